The highest BCUT2D eigenvalue weighted by Crippen LogP contribution is 2.13. The fraction of sp³-hybridized carbons (Fsp3) is 0.462. The highest BCUT2D eigenvalue weighted by atomic mass is 16.5. The van der Waals surface area contributed by atoms with E-state index in [-0.39, 0.29) is 0 Å². The largest absolute Gasteiger partial charge is 0.493 e. The van der Waals surface area contributed by atoms with Crippen LogP contribution in [0, 0.1) is 11.3 Å². The summed E-state index contributed by atoms with van der Waals surface area (Å²) in [5, 5.41) is 8.51. The molecule has 0 radical (unpaired) electrons. The molecule has 0 fully saturated rings. The smallest absolute Gasteiger partial charge is 0.119 e. The van der Waals surface area contributed by atoms with Crippen molar-refractivity contribution >= 4 is 0 Å². The highest BCUT2D eigenvalue weighted by molar-refractivity contribution is 5.27. The Morgan fingerprint density at radius 1 is 1.29 bits per heavy atom. The maximum Gasteiger partial charge on any atom is 0.119 e. The minimum atomic E-state index is -0.448. The first-order chi connectivity index (χ1) is 8.26. The fourth-order valence-corrected chi connectivity index (χ4v) is 1.34. The van der Waals surface area contributed by atoms with Gasteiger partial charge in [-0.3, -0.25) is 0 Å². The van der Waals surface area contributed by atoms with Crippen LogP contribution in [0.25, 0.3) is 0 Å². The van der Waals surface area contributed by atoms with Crippen molar-refractivity contribution in [3.05, 3.63) is 29.8 Å². The van der Waals surface area contributed by atoms with Gasteiger partial charge in [-0.1, -0.05) is 12.1 Å². The fourth-order valence-electron chi connectivity index (χ4n) is 1.34. The molecule has 0 bridgehead atoms. The van der Waals surface area contributed by atoms with Gasteiger partial charge in [0.2, 0.25) is 0 Å². The van der Waals surface area contributed by atoms with Crippen molar-refractivity contribution in [2.45, 2.75) is 18.9 Å². The topological polar surface area (TPSA) is 68.3 Å². The van der Waals surface area contributed by atoms with Crippen LogP contribution in [0.5, 0.6) is 5.75 Å². The normalized spacial score (nSPS) is 11.8. The SMILES string of the molecule is COCCc1ccc(OCCC(N)C#N)cc1. The number of methoxy groups -OCH3 is 1. The molecule has 0 aliphatic carbocycles. The quantitative estimate of drug-likeness (QED) is 0.776. The Morgan fingerprint density at radius 2 is 2.00 bits per heavy atom. The monoisotopic (exact) mass is 234 g/mol. The van der Waals surface area contributed by atoms with Gasteiger partial charge in [0.25, 0.3) is 0 Å². The van der Waals surface area contributed by atoms with Crippen molar-refractivity contribution in [2.24, 2.45) is 5.73 Å². The summed E-state index contributed by atoms with van der Waals surface area (Å²) in [6, 6.07) is 9.38. The number of hydrogen-bond acceptors (Lipinski definition) is 4. The predicted molar refractivity (Wildman–Crippen MR) is 65.7 cm³/mol. The second-order valence-corrected chi connectivity index (χ2v) is 3.76. The van der Waals surface area contributed by atoms with E-state index in [0.29, 0.717) is 13.0 Å². The predicted octanol–water partition coefficient (Wildman–Crippen LogP) is 1.50. The Morgan fingerprint density at radius 3 is 2.59 bits per heavy atom. The molecule has 0 heterocycles. The minimum Gasteiger partial charge on any atom is -0.493 e. The average Bonchev–Trinajstić information content (AvgIpc) is 2.37. The lowest BCUT2D eigenvalue weighted by Crippen LogP contribution is -2.20. The Balaban J connectivity index is 2.33. The molecule has 0 saturated carbocycles. The summed E-state index contributed by atoms with van der Waals surface area (Å²) in [5.41, 5.74) is 6.68. The molecule has 4 heteroatoms. The van der Waals surface area contributed by atoms with Crippen LogP contribution in [0.2, 0.25) is 0 Å². The van der Waals surface area contributed by atoms with Gasteiger partial charge in [-0.25, -0.2) is 0 Å². The third kappa shape index (κ3) is 5.34. The maximum atomic E-state index is 8.51. The summed E-state index contributed by atoms with van der Waals surface area (Å²) >= 11 is 0. The van der Waals surface area contributed by atoms with E-state index in [9.17, 15) is 0 Å². The van der Waals surface area contributed by atoms with Gasteiger partial charge in [0, 0.05) is 13.5 Å². The van der Waals surface area contributed by atoms with Crippen LogP contribution >= 0.6 is 0 Å². The first-order valence-corrected chi connectivity index (χ1v) is 5.62. The molecule has 0 aromatic heterocycles. The minimum absolute atomic E-state index is 0.448. The number of benzene rings is 1. The van der Waals surface area contributed by atoms with Crippen LogP contribution < -0.4 is 10.5 Å². The molecule has 2 N–H and O–H groups in total. The van der Waals surface area contributed by atoms with Gasteiger partial charge < -0.3 is 15.2 Å². The number of ether oxygens (including phenoxy) is 2. The van der Waals surface area contributed by atoms with Crippen LogP contribution in [0.15, 0.2) is 24.3 Å². The van der Waals surface area contributed by atoms with Crippen LogP contribution in [0.1, 0.15) is 12.0 Å². The molecule has 0 aliphatic rings. The molecule has 1 aromatic rings. The molecule has 0 amide bonds. The number of nitrogens with zero attached hydrogens (tertiary/aromatic N) is 1. The molecule has 0 spiro atoms. The number of rotatable bonds is 7. The molecule has 17 heavy (non-hydrogen) atoms. The maximum absolute atomic E-state index is 8.51. The van der Waals surface area contributed by atoms with E-state index in [1.807, 2.05) is 30.3 Å². The van der Waals surface area contributed by atoms with E-state index in [1.54, 1.807) is 7.11 Å². The van der Waals surface area contributed by atoms with Crippen molar-refractivity contribution in [2.75, 3.05) is 20.3 Å². The van der Waals surface area contributed by atoms with E-state index in [0.717, 1.165) is 18.8 Å². The first-order valence-electron chi connectivity index (χ1n) is 5.62. The molecule has 1 unspecified atom stereocenters. The molecule has 92 valence electrons. The molecular weight excluding hydrogens is 216 g/mol. The van der Waals surface area contributed by atoms with Gasteiger partial charge in [-0.15, -0.1) is 0 Å². The van der Waals surface area contributed by atoms with Gasteiger partial charge in [-0.2, -0.15) is 5.26 Å². The molecule has 0 aliphatic heterocycles. The number of nitrogens with two attached hydrogens (primary N) is 1. The van der Waals surface area contributed by atoms with Crippen LogP contribution in [-0.2, 0) is 11.2 Å². The van der Waals surface area contributed by atoms with E-state index < -0.39 is 6.04 Å². The van der Waals surface area contributed by atoms with E-state index in [1.165, 1.54) is 5.56 Å². The second kappa shape index (κ2) is 7.66. The molecule has 4 nitrogen and oxygen atoms in total. The van der Waals surface area contributed by atoms with Crippen molar-refractivity contribution in [3.63, 3.8) is 0 Å². The third-order valence-electron chi connectivity index (χ3n) is 2.38. The lowest BCUT2D eigenvalue weighted by molar-refractivity contribution is 0.202. The zero-order valence-corrected chi connectivity index (χ0v) is 10.1. The van der Waals surface area contributed by atoms with Crippen molar-refractivity contribution in [1.82, 2.24) is 0 Å². The van der Waals surface area contributed by atoms with Crippen molar-refractivity contribution in [1.29, 1.82) is 5.26 Å². The zero-order chi connectivity index (χ0) is 12.5. The van der Waals surface area contributed by atoms with E-state index >= 15 is 0 Å². The summed E-state index contributed by atoms with van der Waals surface area (Å²) in [4.78, 5) is 0. The molecule has 1 aromatic carbocycles. The summed E-state index contributed by atoms with van der Waals surface area (Å²) in [6.45, 7) is 1.18. The first kappa shape index (κ1) is 13.5. The molecule has 1 rings (SSSR count). The van der Waals surface area contributed by atoms with Gasteiger partial charge in [-0.05, 0) is 24.1 Å². The second-order valence-electron chi connectivity index (χ2n) is 3.76. The summed E-state index contributed by atoms with van der Waals surface area (Å²) in [5.74, 6) is 0.802. The van der Waals surface area contributed by atoms with Crippen LogP contribution in [-0.4, -0.2) is 26.4 Å². The summed E-state index contributed by atoms with van der Waals surface area (Å²) in [7, 11) is 1.69. The van der Waals surface area contributed by atoms with Crippen molar-refractivity contribution < 1.29 is 9.47 Å². The lowest BCUT2D eigenvalue weighted by atomic mass is 10.1. The zero-order valence-electron chi connectivity index (χ0n) is 10.1. The van der Waals surface area contributed by atoms with E-state index in [4.69, 9.17) is 20.5 Å². The van der Waals surface area contributed by atoms with Gasteiger partial charge >= 0.3 is 0 Å². The average molecular weight is 234 g/mol. The highest BCUT2D eigenvalue weighted by Gasteiger charge is 2.00. The third-order valence-corrected chi connectivity index (χ3v) is 2.38. The standard InChI is InChI=1S/C13H18N2O2/c1-16-8-6-11-2-4-13(5-3-11)17-9-7-12(15)10-14/h2-5,12H,6-9,15H2,1H3. The number of nitriles is 1. The van der Waals surface area contributed by atoms with Gasteiger partial charge in [0.15, 0.2) is 0 Å². The summed E-state index contributed by atoms with van der Waals surface area (Å²) < 4.78 is 10.5. The van der Waals surface area contributed by atoms with Crippen LogP contribution in [0.3, 0.4) is 0 Å². The Hall–Kier alpha value is -1.57. The molecule has 1 atom stereocenters. The molecular formula is C13H18N2O2. The summed E-state index contributed by atoms with van der Waals surface area (Å²) in [6.07, 6.45) is 1.44. The van der Waals surface area contributed by atoms with E-state index in [2.05, 4.69) is 0 Å². The Labute approximate surface area is 102 Å². The lowest BCUT2D eigenvalue weighted by Gasteiger charge is -2.07. The Kier molecular flexibility index (Phi) is 6.08. The van der Waals surface area contributed by atoms with Gasteiger partial charge in [0.1, 0.15) is 5.75 Å². The number of hydrogen-bond donors (Lipinski definition) is 1. The van der Waals surface area contributed by atoms with Crippen molar-refractivity contribution in [3.8, 4) is 11.8 Å². The Bertz CT molecular complexity index is 357. The molecule has 0 saturated heterocycles. The van der Waals surface area contributed by atoms with Gasteiger partial charge in [0.05, 0.1) is 25.3 Å². The van der Waals surface area contributed by atoms with Crippen LogP contribution in [0.4, 0.5) is 0 Å².